The number of benzene rings is 9. The molecule has 62 heavy (non-hydrogen) atoms. The molecule has 9 aromatic carbocycles. The fourth-order valence-corrected chi connectivity index (χ4v) is 10.3. The Kier molecular flexibility index (Phi) is 7.88. The molecule has 286 valence electrons. The maximum atomic E-state index is 9.56. The molecule has 0 bridgehead atoms. The summed E-state index contributed by atoms with van der Waals surface area (Å²) in [5.41, 5.74) is 20.3. The Hall–Kier alpha value is -8.50. The normalized spacial score (nSPS) is 14.4. The summed E-state index contributed by atoms with van der Waals surface area (Å²) in [4.78, 5) is 3.66. The lowest BCUT2D eigenvalue weighted by atomic mass is 9.61. The van der Waals surface area contributed by atoms with Crippen LogP contribution in [0.15, 0.2) is 200 Å². The van der Waals surface area contributed by atoms with Gasteiger partial charge in [0, 0.05) is 10.8 Å². The molecule has 0 fully saturated rings. The van der Waals surface area contributed by atoms with Crippen LogP contribution in [0.2, 0.25) is 0 Å². The highest BCUT2D eigenvalue weighted by Gasteiger charge is 2.48. The van der Waals surface area contributed by atoms with Crippen LogP contribution in [0.1, 0.15) is 38.9 Å². The first-order valence-electron chi connectivity index (χ1n) is 20.9. The smallest absolute Gasteiger partial charge is 0.187 e. The summed E-state index contributed by atoms with van der Waals surface area (Å²) in [5.74, 6) is 0. The number of nitrogens with zero attached hydrogens (tertiary/aromatic N) is 3. The molecule has 1 atom stereocenters. The molecule has 10 aromatic rings. The van der Waals surface area contributed by atoms with Crippen LogP contribution in [0.25, 0.3) is 89.0 Å². The van der Waals surface area contributed by atoms with Crippen molar-refractivity contribution in [3.63, 3.8) is 0 Å². The van der Waals surface area contributed by atoms with Crippen molar-refractivity contribution in [2.75, 3.05) is 0 Å². The number of hydrogen-bond acceptors (Lipinski definition) is 1. The molecule has 0 unspecified atom stereocenters. The van der Waals surface area contributed by atoms with E-state index in [9.17, 15) is 5.26 Å². The second-order valence-electron chi connectivity index (χ2n) is 16.3. The number of nitriles is 1. The zero-order chi connectivity index (χ0) is 41.4. The van der Waals surface area contributed by atoms with Gasteiger partial charge < -0.3 is 4.57 Å². The molecule has 2 heterocycles. The predicted octanol–water partition coefficient (Wildman–Crippen LogP) is 15.1. The van der Waals surface area contributed by atoms with E-state index in [1.807, 2.05) is 36.4 Å². The van der Waals surface area contributed by atoms with E-state index >= 15 is 0 Å². The zero-order valence-electron chi connectivity index (χ0n) is 33.5. The summed E-state index contributed by atoms with van der Waals surface area (Å²) in [6.07, 6.45) is 4.60. The van der Waals surface area contributed by atoms with Crippen LogP contribution >= 0.6 is 0 Å². The third-order valence-corrected chi connectivity index (χ3v) is 13.1. The molecule has 1 aliphatic heterocycles. The van der Waals surface area contributed by atoms with Crippen molar-refractivity contribution in [1.82, 2.24) is 4.57 Å². The molecule has 3 nitrogen and oxygen atoms in total. The Morgan fingerprint density at radius 2 is 0.952 bits per heavy atom. The lowest BCUT2D eigenvalue weighted by molar-refractivity contribution is 0.726. The highest BCUT2D eigenvalue weighted by atomic mass is 15.0. The van der Waals surface area contributed by atoms with Crippen LogP contribution in [0.3, 0.4) is 0 Å². The van der Waals surface area contributed by atoms with Crippen molar-refractivity contribution < 1.29 is 0 Å². The van der Waals surface area contributed by atoms with Gasteiger partial charge in [-0.25, -0.2) is 4.85 Å². The van der Waals surface area contributed by atoms with Crippen molar-refractivity contribution >= 4 is 39.6 Å². The van der Waals surface area contributed by atoms with Gasteiger partial charge in [0.2, 0.25) is 0 Å². The maximum Gasteiger partial charge on any atom is 0.187 e. The Balaban J connectivity index is 1.11. The van der Waals surface area contributed by atoms with Crippen LogP contribution in [-0.4, -0.2) is 4.57 Å². The number of hydrogen-bond donors (Lipinski definition) is 0. The maximum absolute atomic E-state index is 9.56. The van der Waals surface area contributed by atoms with Crippen molar-refractivity contribution in [2.45, 2.75) is 5.41 Å². The first kappa shape index (κ1) is 35.4. The molecule has 3 heteroatoms. The third-order valence-electron chi connectivity index (χ3n) is 13.1. The molecule has 1 spiro atoms. The van der Waals surface area contributed by atoms with Gasteiger partial charge in [-0.15, -0.1) is 0 Å². The first-order chi connectivity index (χ1) is 30.6. The number of aromatic nitrogens is 1. The number of fused-ring (bicyclic) bond motifs is 11. The monoisotopic (exact) mass is 785 g/mol. The summed E-state index contributed by atoms with van der Waals surface area (Å²) in [6, 6.07) is 74.1. The highest BCUT2D eigenvalue weighted by molar-refractivity contribution is 6.12. The molecule has 0 N–H and O–H groups in total. The fraction of sp³-hybridized carbons (Fsp3) is 0.0169. The van der Waals surface area contributed by atoms with Gasteiger partial charge in [-0.3, -0.25) is 0 Å². The number of rotatable bonds is 4. The van der Waals surface area contributed by atoms with E-state index in [2.05, 4.69) is 191 Å². The van der Waals surface area contributed by atoms with Crippen LogP contribution in [0.4, 0.5) is 5.69 Å². The highest BCUT2D eigenvalue weighted by Crippen LogP contribution is 2.57. The molecule has 2 aliphatic rings. The van der Waals surface area contributed by atoms with E-state index < -0.39 is 5.41 Å². The van der Waals surface area contributed by atoms with E-state index in [0.29, 0.717) is 11.3 Å². The topological polar surface area (TPSA) is 33.1 Å². The van der Waals surface area contributed by atoms with E-state index in [-0.39, 0.29) is 0 Å². The molecule has 1 aromatic heterocycles. The number of para-hydroxylation sites is 3. The second kappa shape index (κ2) is 13.8. The molecule has 0 saturated heterocycles. The summed E-state index contributed by atoms with van der Waals surface area (Å²) in [5, 5.41) is 12.0. The predicted molar refractivity (Wildman–Crippen MR) is 254 cm³/mol. The molecular weight excluding hydrogens is 751 g/mol. The van der Waals surface area contributed by atoms with Gasteiger partial charge in [0.1, 0.15) is 0 Å². The van der Waals surface area contributed by atoms with Crippen molar-refractivity contribution in [2.24, 2.45) is 0 Å². The minimum Gasteiger partial charge on any atom is -0.309 e. The van der Waals surface area contributed by atoms with E-state index in [4.69, 9.17) is 6.57 Å². The summed E-state index contributed by atoms with van der Waals surface area (Å²) < 4.78 is 2.49. The molecule has 12 rings (SSSR count). The van der Waals surface area contributed by atoms with Crippen LogP contribution in [0.5, 0.6) is 0 Å². The third kappa shape index (κ3) is 5.23. The Morgan fingerprint density at radius 3 is 1.60 bits per heavy atom. The summed E-state index contributed by atoms with van der Waals surface area (Å²) in [6.45, 7) is 7.53. The van der Waals surface area contributed by atoms with Crippen molar-refractivity contribution in [3.8, 4) is 56.3 Å². The van der Waals surface area contributed by atoms with Gasteiger partial charge in [-0.1, -0.05) is 170 Å². The van der Waals surface area contributed by atoms with E-state index in [0.717, 1.165) is 44.5 Å². The summed E-state index contributed by atoms with van der Waals surface area (Å²) in [7, 11) is 0. The SMILES string of the molecule is [C-]#[N+]c1cccc(-c2ccc(-c3ccc4c(c3)[C@]3(c5cc(-c6ccc(-c7cccc(C#N)c7)cc6)ccc5C=C4)c4ccccc4-n4c5ccccc5c5cccc3c54)cc2)c1. The minimum absolute atomic E-state index is 0.639. The summed E-state index contributed by atoms with van der Waals surface area (Å²) >= 11 is 0. The largest absolute Gasteiger partial charge is 0.309 e. The van der Waals surface area contributed by atoms with E-state index in [1.54, 1.807) is 0 Å². The minimum atomic E-state index is -0.696. The van der Waals surface area contributed by atoms with Crippen LogP contribution in [0, 0.1) is 17.9 Å². The van der Waals surface area contributed by atoms with Gasteiger partial charge >= 0.3 is 0 Å². The fourth-order valence-electron chi connectivity index (χ4n) is 10.3. The van der Waals surface area contributed by atoms with Crippen molar-refractivity contribution in [1.29, 1.82) is 5.26 Å². The second-order valence-corrected chi connectivity index (χ2v) is 16.3. The lowest BCUT2D eigenvalue weighted by Crippen LogP contribution is -2.36. The van der Waals surface area contributed by atoms with Gasteiger partial charge in [-0.05, 0) is 120 Å². The van der Waals surface area contributed by atoms with Gasteiger partial charge in [-0.2, -0.15) is 5.26 Å². The molecule has 1 aliphatic carbocycles. The Morgan fingerprint density at radius 1 is 0.435 bits per heavy atom. The standard InChI is InChI=1S/C59H35N3/c1-61-49-12-7-11-46(34-49)40-21-25-42(26-22-40)48-32-30-44-28-27-43-29-31-47(41-23-19-39(20-24-41)45-10-6-9-38(33-45)37-60)35-54(43)59(55(44)36-48)52-15-3-5-18-57(52)62-56-17-4-2-13-50(56)51-14-8-16-53(59)58(51)62/h2-36H/t59-/m1/s1. The Labute approximate surface area is 360 Å². The first-order valence-corrected chi connectivity index (χ1v) is 20.9. The average Bonchev–Trinajstić information content (AvgIpc) is 3.62. The molecular formula is C59H35N3. The molecule has 0 amide bonds. The van der Waals surface area contributed by atoms with E-state index in [1.165, 1.54) is 60.9 Å². The quantitative estimate of drug-likeness (QED) is 0.164. The average molecular weight is 786 g/mol. The van der Waals surface area contributed by atoms with Crippen LogP contribution in [-0.2, 0) is 5.41 Å². The van der Waals surface area contributed by atoms with Crippen LogP contribution < -0.4 is 0 Å². The lowest BCUT2D eigenvalue weighted by Gasteiger charge is -2.43. The molecule has 0 saturated carbocycles. The van der Waals surface area contributed by atoms with Gasteiger partial charge in [0.25, 0.3) is 0 Å². The van der Waals surface area contributed by atoms with Gasteiger partial charge in [0.05, 0.1) is 40.3 Å². The Bertz CT molecular complexity index is 3430. The molecule has 0 radical (unpaired) electrons. The van der Waals surface area contributed by atoms with Gasteiger partial charge in [0.15, 0.2) is 5.69 Å². The zero-order valence-corrected chi connectivity index (χ0v) is 33.5. The van der Waals surface area contributed by atoms with Crippen molar-refractivity contribution in [3.05, 3.63) is 251 Å².